The lowest BCUT2D eigenvalue weighted by molar-refractivity contribution is 0.134. The highest BCUT2D eigenvalue weighted by Gasteiger charge is 2.17. The van der Waals surface area contributed by atoms with Crippen LogP contribution in [0.2, 0.25) is 0 Å². The van der Waals surface area contributed by atoms with Crippen molar-refractivity contribution in [2.24, 2.45) is 5.92 Å². The lowest BCUT2D eigenvalue weighted by atomic mass is 9.92. The third-order valence-electron chi connectivity index (χ3n) is 5.09. The minimum atomic E-state index is 1.02. The molecule has 2 heterocycles. The Kier molecular flexibility index (Phi) is 6.62. The number of hydrogen-bond acceptors (Lipinski definition) is 3. The number of unbranched alkanes of at least 4 members (excludes halogenated alkanes) is 1. The van der Waals surface area contributed by atoms with Crippen molar-refractivity contribution < 1.29 is 0 Å². The van der Waals surface area contributed by atoms with Gasteiger partial charge in [-0.25, -0.2) is 0 Å². The third-order valence-corrected chi connectivity index (χ3v) is 5.09. The zero-order valence-corrected chi connectivity index (χ0v) is 13.1. The molecule has 0 aromatic carbocycles. The maximum Gasteiger partial charge on any atom is 0.0110 e. The molecule has 0 N–H and O–H groups in total. The van der Waals surface area contributed by atoms with Crippen LogP contribution in [-0.2, 0) is 0 Å². The fourth-order valence-electron chi connectivity index (χ4n) is 3.45. The second-order valence-electron chi connectivity index (χ2n) is 6.52. The first kappa shape index (κ1) is 15.3. The quantitative estimate of drug-likeness (QED) is 0.683. The van der Waals surface area contributed by atoms with Gasteiger partial charge in [0.15, 0.2) is 0 Å². The highest BCUT2D eigenvalue weighted by Crippen LogP contribution is 2.21. The van der Waals surface area contributed by atoms with E-state index < -0.39 is 0 Å². The maximum absolute atomic E-state index is 2.67. The van der Waals surface area contributed by atoms with Crippen LogP contribution in [0.3, 0.4) is 0 Å². The van der Waals surface area contributed by atoms with Crippen LogP contribution in [0.15, 0.2) is 0 Å². The average molecular weight is 267 g/mol. The summed E-state index contributed by atoms with van der Waals surface area (Å²) < 4.78 is 0. The van der Waals surface area contributed by atoms with Crippen molar-refractivity contribution in [3.63, 3.8) is 0 Å². The highest BCUT2D eigenvalue weighted by atomic mass is 15.3. The lowest BCUT2D eigenvalue weighted by Gasteiger charge is -2.34. The molecule has 3 heteroatoms. The van der Waals surface area contributed by atoms with Gasteiger partial charge in [-0.3, -0.25) is 0 Å². The Labute approximate surface area is 119 Å². The average Bonchev–Trinajstić information content (AvgIpc) is 2.46. The van der Waals surface area contributed by atoms with Gasteiger partial charge in [-0.15, -0.1) is 0 Å². The van der Waals surface area contributed by atoms with E-state index in [0.29, 0.717) is 0 Å². The fraction of sp³-hybridized carbons (Fsp3) is 1.00. The van der Waals surface area contributed by atoms with Crippen molar-refractivity contribution in [2.45, 2.75) is 39.0 Å². The number of likely N-dealkylation sites (N-methyl/N-ethyl adjacent to an activating group) is 1. The van der Waals surface area contributed by atoms with Crippen molar-refractivity contribution in [2.75, 3.05) is 59.4 Å². The van der Waals surface area contributed by atoms with Gasteiger partial charge in [-0.2, -0.15) is 0 Å². The smallest absolute Gasteiger partial charge is 0.0110 e. The molecule has 0 amide bonds. The molecule has 0 aromatic heterocycles. The molecule has 112 valence electrons. The summed E-state index contributed by atoms with van der Waals surface area (Å²) in [5.41, 5.74) is 0. The number of hydrogen-bond donors (Lipinski definition) is 0. The van der Waals surface area contributed by atoms with Gasteiger partial charge in [0.05, 0.1) is 0 Å². The largest absolute Gasteiger partial charge is 0.306 e. The molecule has 0 bridgehead atoms. The Bertz CT molecular complexity index is 228. The molecule has 2 fully saturated rings. The second-order valence-corrected chi connectivity index (χ2v) is 6.52. The minimum Gasteiger partial charge on any atom is -0.306 e. The zero-order chi connectivity index (χ0) is 13.5. The summed E-state index contributed by atoms with van der Waals surface area (Å²) in [5.74, 6) is 1.02. The summed E-state index contributed by atoms with van der Waals surface area (Å²) in [6.45, 7) is 12.6. The molecular weight excluding hydrogens is 234 g/mol. The Hall–Kier alpha value is -0.120. The van der Waals surface area contributed by atoms with E-state index in [1.165, 1.54) is 84.5 Å². The summed E-state index contributed by atoms with van der Waals surface area (Å²) in [4.78, 5) is 7.71. The van der Waals surface area contributed by atoms with E-state index in [4.69, 9.17) is 0 Å². The van der Waals surface area contributed by atoms with E-state index in [2.05, 4.69) is 28.7 Å². The first-order valence-corrected chi connectivity index (χ1v) is 8.41. The third kappa shape index (κ3) is 5.41. The molecule has 0 saturated carbocycles. The van der Waals surface area contributed by atoms with Crippen LogP contribution in [0.1, 0.15) is 39.0 Å². The first-order chi connectivity index (χ1) is 9.28. The van der Waals surface area contributed by atoms with Crippen molar-refractivity contribution >= 4 is 0 Å². The van der Waals surface area contributed by atoms with Gasteiger partial charge in [0, 0.05) is 26.2 Å². The SMILES string of the molecule is CCN1CCN(CCCCC2CCN(C)CC2)CC1. The monoisotopic (exact) mass is 267 g/mol. The van der Waals surface area contributed by atoms with Gasteiger partial charge in [0.25, 0.3) is 0 Å². The van der Waals surface area contributed by atoms with E-state index in [9.17, 15) is 0 Å². The molecule has 2 aliphatic rings. The molecular formula is C16H33N3. The highest BCUT2D eigenvalue weighted by molar-refractivity contribution is 4.72. The summed E-state index contributed by atoms with van der Waals surface area (Å²) in [7, 11) is 2.26. The van der Waals surface area contributed by atoms with Gasteiger partial charge >= 0.3 is 0 Å². The zero-order valence-electron chi connectivity index (χ0n) is 13.1. The number of rotatable bonds is 6. The number of piperidine rings is 1. The molecule has 2 rings (SSSR count). The van der Waals surface area contributed by atoms with Gasteiger partial charge in [-0.05, 0) is 58.4 Å². The van der Waals surface area contributed by atoms with Crippen LogP contribution in [0.4, 0.5) is 0 Å². The number of nitrogens with zero attached hydrogens (tertiary/aromatic N) is 3. The van der Waals surface area contributed by atoms with Gasteiger partial charge in [0.2, 0.25) is 0 Å². The number of likely N-dealkylation sites (tertiary alicyclic amines) is 1. The molecule has 2 aliphatic heterocycles. The van der Waals surface area contributed by atoms with Gasteiger partial charge < -0.3 is 14.7 Å². The second kappa shape index (κ2) is 8.23. The number of piperazine rings is 1. The Morgan fingerprint density at radius 1 is 0.842 bits per heavy atom. The van der Waals surface area contributed by atoms with Crippen LogP contribution in [-0.4, -0.2) is 74.1 Å². The maximum atomic E-state index is 2.67. The van der Waals surface area contributed by atoms with Gasteiger partial charge in [-0.1, -0.05) is 19.8 Å². The summed E-state index contributed by atoms with van der Waals surface area (Å²) >= 11 is 0. The van der Waals surface area contributed by atoms with E-state index in [-0.39, 0.29) is 0 Å². The molecule has 3 nitrogen and oxygen atoms in total. The molecule has 0 aromatic rings. The van der Waals surface area contributed by atoms with Crippen LogP contribution in [0.5, 0.6) is 0 Å². The van der Waals surface area contributed by atoms with Crippen LogP contribution < -0.4 is 0 Å². The normalized spacial score (nSPS) is 24.9. The van der Waals surface area contributed by atoms with Gasteiger partial charge in [0.1, 0.15) is 0 Å². The summed E-state index contributed by atoms with van der Waals surface area (Å²) in [5, 5.41) is 0. The minimum absolute atomic E-state index is 1.02. The molecule has 0 radical (unpaired) electrons. The van der Waals surface area contributed by atoms with E-state index in [1.54, 1.807) is 0 Å². The molecule has 0 spiro atoms. The summed E-state index contributed by atoms with van der Waals surface area (Å²) in [6.07, 6.45) is 7.21. The van der Waals surface area contributed by atoms with Crippen LogP contribution >= 0.6 is 0 Å². The van der Waals surface area contributed by atoms with E-state index in [0.717, 1.165) is 5.92 Å². The van der Waals surface area contributed by atoms with Crippen molar-refractivity contribution in [1.82, 2.24) is 14.7 Å². The molecule has 0 aliphatic carbocycles. The molecule has 19 heavy (non-hydrogen) atoms. The standard InChI is InChI=1S/C16H33N3/c1-3-18-12-14-19(15-13-18)9-5-4-6-16-7-10-17(2)11-8-16/h16H,3-15H2,1-2H3. The predicted molar refractivity (Wildman–Crippen MR) is 82.6 cm³/mol. The topological polar surface area (TPSA) is 9.72 Å². The predicted octanol–water partition coefficient (Wildman–Crippen LogP) is 2.14. The Morgan fingerprint density at radius 3 is 2.11 bits per heavy atom. The molecule has 0 atom stereocenters. The van der Waals surface area contributed by atoms with E-state index in [1.807, 2.05) is 0 Å². The Morgan fingerprint density at radius 2 is 1.47 bits per heavy atom. The molecule has 0 unspecified atom stereocenters. The Balaban J connectivity index is 1.48. The lowest BCUT2D eigenvalue weighted by Crippen LogP contribution is -2.46. The van der Waals surface area contributed by atoms with Crippen molar-refractivity contribution in [3.8, 4) is 0 Å². The fourth-order valence-corrected chi connectivity index (χ4v) is 3.45. The van der Waals surface area contributed by atoms with Crippen molar-refractivity contribution in [1.29, 1.82) is 0 Å². The van der Waals surface area contributed by atoms with E-state index >= 15 is 0 Å². The van der Waals surface area contributed by atoms with Crippen LogP contribution in [0, 0.1) is 5.92 Å². The summed E-state index contributed by atoms with van der Waals surface area (Å²) in [6, 6.07) is 0. The first-order valence-electron chi connectivity index (χ1n) is 8.41. The molecule has 2 saturated heterocycles. The van der Waals surface area contributed by atoms with Crippen LogP contribution in [0.25, 0.3) is 0 Å². The van der Waals surface area contributed by atoms with Crippen molar-refractivity contribution in [3.05, 3.63) is 0 Å².